The van der Waals surface area contributed by atoms with Crippen LogP contribution >= 0.6 is 11.3 Å². The third-order valence-corrected chi connectivity index (χ3v) is 5.14. The maximum Gasteiger partial charge on any atom is 0.263 e. The number of nitrogens with one attached hydrogen (secondary N) is 1. The van der Waals surface area contributed by atoms with Gasteiger partial charge >= 0.3 is 0 Å². The van der Waals surface area contributed by atoms with Crippen molar-refractivity contribution in [2.45, 2.75) is 33.2 Å². The lowest BCUT2D eigenvalue weighted by atomic mass is 10.1. The predicted molar refractivity (Wildman–Crippen MR) is 101 cm³/mol. The Morgan fingerprint density at radius 2 is 1.92 bits per heavy atom. The molecule has 2 rings (SSSR count). The lowest BCUT2D eigenvalue weighted by molar-refractivity contribution is 0.0945. The summed E-state index contributed by atoms with van der Waals surface area (Å²) in [7, 11) is 3.89. The molecule has 1 heterocycles. The first kappa shape index (κ1) is 19.5. The highest BCUT2D eigenvalue weighted by Crippen LogP contribution is 2.22. The molecule has 1 aromatic heterocycles. The van der Waals surface area contributed by atoms with Crippen molar-refractivity contribution < 1.29 is 9.18 Å². The normalized spacial score (nSPS) is 12.6. The molecule has 1 amide bonds. The van der Waals surface area contributed by atoms with Gasteiger partial charge in [-0.3, -0.25) is 4.79 Å². The maximum absolute atomic E-state index is 13.1. The van der Waals surface area contributed by atoms with E-state index in [4.69, 9.17) is 0 Å². The number of rotatable bonds is 7. The van der Waals surface area contributed by atoms with Crippen LogP contribution in [0.15, 0.2) is 24.3 Å². The van der Waals surface area contributed by atoms with Crippen molar-refractivity contribution in [3.05, 3.63) is 51.2 Å². The molecule has 0 aliphatic carbocycles. The minimum atomic E-state index is -0.261. The van der Waals surface area contributed by atoms with Crippen LogP contribution in [0, 0.1) is 18.7 Å². The van der Waals surface area contributed by atoms with Gasteiger partial charge in [-0.25, -0.2) is 9.37 Å². The molecule has 0 saturated carbocycles. The molecule has 0 bridgehead atoms. The molecule has 1 atom stereocenters. The Kier molecular flexibility index (Phi) is 6.67. The minimum absolute atomic E-state index is 0.0205. The fraction of sp³-hybridized carbons (Fsp3) is 0.474. The van der Waals surface area contributed by atoms with Gasteiger partial charge in [-0.1, -0.05) is 26.0 Å². The summed E-state index contributed by atoms with van der Waals surface area (Å²) in [6.07, 6.45) is 0.884. The van der Waals surface area contributed by atoms with Crippen LogP contribution in [-0.4, -0.2) is 36.4 Å². The van der Waals surface area contributed by atoms with E-state index < -0.39 is 0 Å². The van der Waals surface area contributed by atoms with Gasteiger partial charge in [0.25, 0.3) is 5.91 Å². The van der Waals surface area contributed by atoms with Gasteiger partial charge in [-0.05, 0) is 44.6 Å². The fourth-order valence-electron chi connectivity index (χ4n) is 2.65. The lowest BCUT2D eigenvalue weighted by Gasteiger charge is -2.25. The first-order chi connectivity index (χ1) is 11.8. The number of likely N-dealkylation sites (N-methyl/N-ethyl adjacent to an activating group) is 1. The summed E-state index contributed by atoms with van der Waals surface area (Å²) in [5.41, 5.74) is 1.74. The summed E-state index contributed by atoms with van der Waals surface area (Å²) < 4.78 is 13.1. The van der Waals surface area contributed by atoms with Crippen molar-refractivity contribution in [3.63, 3.8) is 0 Å². The van der Waals surface area contributed by atoms with Gasteiger partial charge in [0.2, 0.25) is 0 Å². The van der Waals surface area contributed by atoms with Crippen molar-refractivity contribution >= 4 is 17.2 Å². The standard InChI is InChI=1S/C19H26FN3OS/c1-12(2)10-17-22-13(3)18(25-17)19(24)21-11-16(23(4)5)14-6-8-15(20)9-7-14/h6-9,12,16H,10-11H2,1-5H3,(H,21,24). The molecule has 4 nitrogen and oxygen atoms in total. The molecule has 0 spiro atoms. The summed E-state index contributed by atoms with van der Waals surface area (Å²) in [5, 5.41) is 4.00. The molecule has 136 valence electrons. The number of aryl methyl sites for hydroxylation is 1. The van der Waals surface area contributed by atoms with Crippen molar-refractivity contribution in [2.75, 3.05) is 20.6 Å². The zero-order valence-corrected chi connectivity index (χ0v) is 16.3. The van der Waals surface area contributed by atoms with Crippen LogP contribution in [0.5, 0.6) is 0 Å². The predicted octanol–water partition coefficient (Wildman–Crippen LogP) is 3.82. The Morgan fingerprint density at radius 3 is 2.48 bits per heavy atom. The first-order valence-electron chi connectivity index (χ1n) is 8.44. The average Bonchev–Trinajstić information content (AvgIpc) is 2.88. The average molecular weight is 364 g/mol. The van der Waals surface area contributed by atoms with Crippen LogP contribution < -0.4 is 5.32 Å². The van der Waals surface area contributed by atoms with Crippen LogP contribution in [0.4, 0.5) is 4.39 Å². The highest BCUT2D eigenvalue weighted by Gasteiger charge is 2.19. The number of halogens is 1. The Morgan fingerprint density at radius 1 is 1.28 bits per heavy atom. The number of nitrogens with zero attached hydrogens (tertiary/aromatic N) is 2. The molecule has 1 unspecified atom stereocenters. The van der Waals surface area contributed by atoms with E-state index in [-0.39, 0.29) is 17.8 Å². The number of amides is 1. The lowest BCUT2D eigenvalue weighted by Crippen LogP contribution is -2.34. The molecule has 2 aromatic rings. The summed E-state index contributed by atoms with van der Waals surface area (Å²) in [4.78, 5) is 19.7. The number of aromatic nitrogens is 1. The van der Waals surface area contributed by atoms with Crippen LogP contribution in [0.25, 0.3) is 0 Å². The molecule has 1 aromatic carbocycles. The van der Waals surface area contributed by atoms with Crippen LogP contribution in [0.1, 0.15) is 45.8 Å². The largest absolute Gasteiger partial charge is 0.349 e. The quantitative estimate of drug-likeness (QED) is 0.813. The van der Waals surface area contributed by atoms with E-state index in [1.165, 1.54) is 23.5 Å². The zero-order chi connectivity index (χ0) is 18.6. The van der Waals surface area contributed by atoms with Crippen molar-refractivity contribution in [1.29, 1.82) is 0 Å². The molecule has 0 radical (unpaired) electrons. The topological polar surface area (TPSA) is 45.2 Å². The van der Waals surface area contributed by atoms with Gasteiger partial charge in [0.05, 0.1) is 16.7 Å². The molecule has 0 saturated heterocycles. The van der Waals surface area contributed by atoms with Crippen molar-refractivity contribution in [2.24, 2.45) is 5.92 Å². The summed E-state index contributed by atoms with van der Waals surface area (Å²) >= 11 is 1.47. The number of hydrogen-bond acceptors (Lipinski definition) is 4. The maximum atomic E-state index is 13.1. The molecular weight excluding hydrogens is 337 g/mol. The number of benzene rings is 1. The van der Waals surface area contributed by atoms with Crippen LogP contribution in [-0.2, 0) is 6.42 Å². The summed E-state index contributed by atoms with van der Waals surface area (Å²) in [5.74, 6) is 0.153. The molecule has 0 aliphatic heterocycles. The van der Waals surface area contributed by atoms with Gasteiger partial charge in [-0.2, -0.15) is 0 Å². The SMILES string of the molecule is Cc1nc(CC(C)C)sc1C(=O)NCC(c1ccc(F)cc1)N(C)C. The summed E-state index contributed by atoms with van der Waals surface area (Å²) in [6, 6.07) is 6.38. The van der Waals surface area contributed by atoms with E-state index in [2.05, 4.69) is 24.1 Å². The Balaban J connectivity index is 2.06. The first-order valence-corrected chi connectivity index (χ1v) is 9.26. The van der Waals surface area contributed by atoms with Gasteiger partial charge in [0.15, 0.2) is 0 Å². The van der Waals surface area contributed by atoms with E-state index >= 15 is 0 Å². The minimum Gasteiger partial charge on any atom is -0.349 e. The number of thiazole rings is 1. The van der Waals surface area contributed by atoms with Gasteiger partial charge < -0.3 is 10.2 Å². The van der Waals surface area contributed by atoms with E-state index in [1.54, 1.807) is 12.1 Å². The fourth-order valence-corrected chi connectivity index (χ4v) is 3.85. The molecule has 0 fully saturated rings. The van der Waals surface area contributed by atoms with E-state index in [0.29, 0.717) is 17.3 Å². The third kappa shape index (κ3) is 5.34. The second-order valence-electron chi connectivity index (χ2n) is 6.86. The second kappa shape index (κ2) is 8.54. The monoisotopic (exact) mass is 363 g/mol. The van der Waals surface area contributed by atoms with Crippen molar-refractivity contribution in [3.8, 4) is 0 Å². The third-order valence-electron chi connectivity index (χ3n) is 3.96. The molecule has 1 N–H and O–H groups in total. The van der Waals surface area contributed by atoms with Crippen LogP contribution in [0.2, 0.25) is 0 Å². The number of carbonyl (C=O) groups excluding carboxylic acids is 1. The van der Waals surface area contributed by atoms with Gasteiger partial charge in [-0.15, -0.1) is 11.3 Å². The Labute approximate surface area is 153 Å². The highest BCUT2D eigenvalue weighted by atomic mass is 32.1. The number of hydrogen-bond donors (Lipinski definition) is 1. The van der Waals surface area contributed by atoms with Crippen LogP contribution in [0.3, 0.4) is 0 Å². The molecule has 6 heteroatoms. The Hall–Kier alpha value is -1.79. The second-order valence-corrected chi connectivity index (χ2v) is 7.94. The van der Waals surface area contributed by atoms with E-state index in [9.17, 15) is 9.18 Å². The summed E-state index contributed by atoms with van der Waals surface area (Å²) in [6.45, 7) is 6.61. The Bertz CT molecular complexity index is 710. The van der Waals surface area contributed by atoms with Gasteiger partial charge in [0.1, 0.15) is 10.7 Å². The van der Waals surface area contributed by atoms with Gasteiger partial charge in [0, 0.05) is 13.0 Å². The zero-order valence-electron chi connectivity index (χ0n) is 15.5. The molecule has 0 aliphatic rings. The molecule has 25 heavy (non-hydrogen) atoms. The van der Waals surface area contributed by atoms with E-state index in [1.807, 2.05) is 25.9 Å². The van der Waals surface area contributed by atoms with E-state index in [0.717, 1.165) is 22.7 Å². The number of carbonyl (C=O) groups is 1. The smallest absolute Gasteiger partial charge is 0.263 e. The van der Waals surface area contributed by atoms with Crippen molar-refractivity contribution in [1.82, 2.24) is 15.2 Å². The molecular formula is C19H26FN3OS. The highest BCUT2D eigenvalue weighted by molar-refractivity contribution is 7.13.